The Morgan fingerprint density at radius 3 is 2.64 bits per heavy atom. The maximum atomic E-state index is 12.2. The van der Waals surface area contributed by atoms with Gasteiger partial charge in [0.25, 0.3) is 0 Å². The van der Waals surface area contributed by atoms with Gasteiger partial charge in [-0.2, -0.15) is 0 Å². The molecule has 1 aliphatic carbocycles. The molecule has 1 N–H and O–H groups in total. The maximum absolute atomic E-state index is 12.2. The predicted octanol–water partition coefficient (Wildman–Crippen LogP) is 3.23. The van der Waals surface area contributed by atoms with Crippen LogP contribution in [-0.2, 0) is 20.7 Å². The van der Waals surface area contributed by atoms with Crippen molar-refractivity contribution in [1.29, 1.82) is 0 Å². The molecule has 2 rings (SSSR count). The molecule has 5 heteroatoms. The van der Waals surface area contributed by atoms with Crippen LogP contribution < -0.4 is 5.32 Å². The molecule has 1 saturated carbocycles. The van der Waals surface area contributed by atoms with Crippen molar-refractivity contribution in [1.82, 2.24) is 5.32 Å². The van der Waals surface area contributed by atoms with Gasteiger partial charge < -0.3 is 10.1 Å². The summed E-state index contributed by atoms with van der Waals surface area (Å²) >= 11 is 3.47. The third kappa shape index (κ3) is 4.83. The number of nitrogens with one attached hydrogen (secondary N) is 1. The topological polar surface area (TPSA) is 55.4 Å². The van der Waals surface area contributed by atoms with Gasteiger partial charge in [-0.25, -0.2) is 4.79 Å². The summed E-state index contributed by atoms with van der Waals surface area (Å²) in [6, 6.07) is 7.04. The predicted molar refractivity (Wildman–Crippen MR) is 88.4 cm³/mol. The number of carbonyl (C=O) groups is 2. The fourth-order valence-electron chi connectivity index (χ4n) is 2.95. The third-order valence-corrected chi connectivity index (χ3v) is 4.93. The van der Waals surface area contributed by atoms with Crippen molar-refractivity contribution >= 4 is 27.8 Å². The highest BCUT2D eigenvalue weighted by molar-refractivity contribution is 9.10. The molecule has 120 valence electrons. The number of hydrogen-bond acceptors (Lipinski definition) is 3. The molecule has 1 atom stereocenters. The lowest BCUT2D eigenvalue weighted by Crippen LogP contribution is -2.43. The average molecular weight is 368 g/mol. The Morgan fingerprint density at radius 1 is 1.32 bits per heavy atom. The molecule has 1 amide bonds. The van der Waals surface area contributed by atoms with E-state index in [2.05, 4.69) is 21.2 Å². The molecule has 0 bridgehead atoms. The number of benzene rings is 1. The van der Waals surface area contributed by atoms with Crippen LogP contribution in [0.3, 0.4) is 0 Å². The van der Waals surface area contributed by atoms with Gasteiger partial charge in [-0.05, 0) is 30.4 Å². The summed E-state index contributed by atoms with van der Waals surface area (Å²) in [6.45, 7) is 0. The number of esters is 1. The van der Waals surface area contributed by atoms with Crippen molar-refractivity contribution in [3.8, 4) is 0 Å². The smallest absolute Gasteiger partial charge is 0.328 e. The number of halogens is 1. The fourth-order valence-corrected chi connectivity index (χ4v) is 3.40. The molecular weight excluding hydrogens is 346 g/mol. The first-order valence-electron chi connectivity index (χ1n) is 7.70. The van der Waals surface area contributed by atoms with Gasteiger partial charge in [0.05, 0.1) is 7.11 Å². The van der Waals surface area contributed by atoms with Crippen LogP contribution in [0.25, 0.3) is 0 Å². The molecule has 1 aromatic rings. The minimum atomic E-state index is -0.641. The number of hydrogen-bond donors (Lipinski definition) is 1. The van der Waals surface area contributed by atoms with Crippen molar-refractivity contribution in [3.05, 3.63) is 34.3 Å². The van der Waals surface area contributed by atoms with Crippen LogP contribution in [-0.4, -0.2) is 25.0 Å². The van der Waals surface area contributed by atoms with Gasteiger partial charge in [0.1, 0.15) is 6.04 Å². The molecule has 22 heavy (non-hydrogen) atoms. The Hall–Kier alpha value is -1.36. The van der Waals surface area contributed by atoms with E-state index in [1.165, 1.54) is 20.0 Å². The van der Waals surface area contributed by atoms with E-state index in [1.807, 2.05) is 24.3 Å². The SMILES string of the molecule is COC(=O)[C@H](Cc1ccccc1Br)NC(=O)CC1CCCC1. The van der Waals surface area contributed by atoms with E-state index in [0.717, 1.165) is 22.9 Å². The van der Waals surface area contributed by atoms with Crippen molar-refractivity contribution in [3.63, 3.8) is 0 Å². The molecule has 0 aliphatic heterocycles. The van der Waals surface area contributed by atoms with E-state index in [-0.39, 0.29) is 5.91 Å². The first kappa shape index (κ1) is 17.0. The molecule has 0 unspecified atom stereocenters. The Bertz CT molecular complexity index is 526. The Morgan fingerprint density at radius 2 is 2.00 bits per heavy atom. The molecule has 0 spiro atoms. The minimum Gasteiger partial charge on any atom is -0.467 e. The zero-order valence-corrected chi connectivity index (χ0v) is 14.4. The number of rotatable bonds is 6. The molecule has 0 radical (unpaired) electrons. The van der Waals surface area contributed by atoms with Crippen LogP contribution in [0.5, 0.6) is 0 Å². The largest absolute Gasteiger partial charge is 0.467 e. The van der Waals surface area contributed by atoms with Crippen molar-refractivity contribution in [2.75, 3.05) is 7.11 Å². The number of carbonyl (C=O) groups excluding carboxylic acids is 2. The maximum Gasteiger partial charge on any atom is 0.328 e. The van der Waals surface area contributed by atoms with Gasteiger partial charge in [-0.1, -0.05) is 47.0 Å². The molecule has 1 fully saturated rings. The van der Waals surface area contributed by atoms with Crippen LogP contribution >= 0.6 is 15.9 Å². The summed E-state index contributed by atoms with van der Waals surface area (Å²) in [5.41, 5.74) is 0.971. The fraction of sp³-hybridized carbons (Fsp3) is 0.529. The van der Waals surface area contributed by atoms with Crippen molar-refractivity contribution in [2.24, 2.45) is 5.92 Å². The van der Waals surface area contributed by atoms with E-state index in [1.54, 1.807) is 0 Å². The second kappa shape index (κ2) is 8.32. The summed E-state index contributed by atoms with van der Waals surface area (Å²) in [5, 5.41) is 2.84. The van der Waals surface area contributed by atoms with Gasteiger partial charge >= 0.3 is 5.97 Å². The van der Waals surface area contributed by atoms with Gasteiger partial charge in [0.2, 0.25) is 5.91 Å². The summed E-state index contributed by atoms with van der Waals surface area (Å²) < 4.78 is 5.75. The Balaban J connectivity index is 1.98. The van der Waals surface area contributed by atoms with Gasteiger partial charge in [0, 0.05) is 17.3 Å². The normalized spacial score (nSPS) is 16.3. The number of amides is 1. The molecule has 0 heterocycles. The molecule has 0 aromatic heterocycles. The van der Waals surface area contributed by atoms with Gasteiger partial charge in [-0.3, -0.25) is 4.79 Å². The third-order valence-electron chi connectivity index (χ3n) is 4.15. The zero-order valence-electron chi connectivity index (χ0n) is 12.8. The van der Waals surface area contributed by atoms with Gasteiger partial charge in [0.15, 0.2) is 0 Å². The van der Waals surface area contributed by atoms with Crippen molar-refractivity contribution in [2.45, 2.75) is 44.6 Å². The quantitative estimate of drug-likeness (QED) is 0.785. The molecule has 0 saturated heterocycles. The molecule has 4 nitrogen and oxygen atoms in total. The summed E-state index contributed by atoms with van der Waals surface area (Å²) in [4.78, 5) is 24.1. The first-order valence-corrected chi connectivity index (χ1v) is 8.50. The van der Waals surface area contributed by atoms with E-state index in [0.29, 0.717) is 18.8 Å². The van der Waals surface area contributed by atoms with E-state index >= 15 is 0 Å². The van der Waals surface area contributed by atoms with E-state index in [9.17, 15) is 9.59 Å². The lowest BCUT2D eigenvalue weighted by molar-refractivity contribution is -0.145. The van der Waals surface area contributed by atoms with Crippen LogP contribution in [0.1, 0.15) is 37.7 Å². The summed E-state index contributed by atoms with van der Waals surface area (Å²) in [5.74, 6) is -0.00774. The van der Waals surface area contributed by atoms with Crippen LogP contribution in [0, 0.1) is 5.92 Å². The van der Waals surface area contributed by atoms with Crippen LogP contribution in [0.15, 0.2) is 28.7 Å². The highest BCUT2D eigenvalue weighted by Crippen LogP contribution is 2.27. The molecule has 1 aromatic carbocycles. The lowest BCUT2D eigenvalue weighted by Gasteiger charge is -2.18. The lowest BCUT2D eigenvalue weighted by atomic mass is 10.0. The standard InChI is InChI=1S/C17H22BrNO3/c1-22-17(21)15(11-13-8-4-5-9-14(13)18)19-16(20)10-12-6-2-3-7-12/h4-5,8-9,12,15H,2-3,6-7,10-11H2,1H3,(H,19,20)/t15-/m0/s1. The summed E-state index contributed by atoms with van der Waals surface area (Å²) in [6.07, 6.45) is 5.56. The highest BCUT2D eigenvalue weighted by atomic mass is 79.9. The van der Waals surface area contributed by atoms with Gasteiger partial charge in [-0.15, -0.1) is 0 Å². The number of methoxy groups -OCH3 is 1. The first-order chi connectivity index (χ1) is 10.6. The molecular formula is C17H22BrNO3. The second-order valence-corrected chi connectivity index (χ2v) is 6.65. The zero-order chi connectivity index (χ0) is 15.9. The monoisotopic (exact) mass is 367 g/mol. The second-order valence-electron chi connectivity index (χ2n) is 5.79. The van der Waals surface area contributed by atoms with E-state index < -0.39 is 12.0 Å². The van der Waals surface area contributed by atoms with Crippen molar-refractivity contribution < 1.29 is 14.3 Å². The average Bonchev–Trinajstić information content (AvgIpc) is 3.00. The van der Waals surface area contributed by atoms with E-state index in [4.69, 9.17) is 4.74 Å². The Labute approximate surface area is 139 Å². The summed E-state index contributed by atoms with van der Waals surface area (Å²) in [7, 11) is 1.35. The minimum absolute atomic E-state index is 0.0608. The molecule has 1 aliphatic rings. The van der Waals surface area contributed by atoms with Crippen LogP contribution in [0.4, 0.5) is 0 Å². The number of ether oxygens (including phenoxy) is 1. The van der Waals surface area contributed by atoms with Crippen LogP contribution in [0.2, 0.25) is 0 Å². The Kier molecular flexibility index (Phi) is 6.43. The highest BCUT2D eigenvalue weighted by Gasteiger charge is 2.25.